The average molecular weight is 437 g/mol. The number of carbonyl (C=O) groups is 2. The van der Waals surface area contributed by atoms with E-state index in [-0.39, 0.29) is 16.6 Å². The highest BCUT2D eigenvalue weighted by molar-refractivity contribution is 6.31. The molecule has 2 amide bonds. The predicted octanol–water partition coefficient (Wildman–Crippen LogP) is 3.19. The van der Waals surface area contributed by atoms with Crippen molar-refractivity contribution < 1.29 is 9.59 Å². The van der Waals surface area contributed by atoms with Crippen molar-refractivity contribution in [1.29, 1.82) is 0 Å². The van der Waals surface area contributed by atoms with E-state index >= 15 is 0 Å². The molecule has 31 heavy (non-hydrogen) atoms. The van der Waals surface area contributed by atoms with Gasteiger partial charge in [-0.25, -0.2) is 4.68 Å². The van der Waals surface area contributed by atoms with E-state index in [1.165, 1.54) is 4.68 Å². The third-order valence-electron chi connectivity index (χ3n) is 5.31. The fraction of sp³-hybridized carbons (Fsp3) is 0.217. The summed E-state index contributed by atoms with van der Waals surface area (Å²) in [6.45, 7) is 3.64. The number of amides is 2. The molecule has 4 rings (SSSR count). The summed E-state index contributed by atoms with van der Waals surface area (Å²) in [4.78, 5) is 38.3. The van der Waals surface area contributed by atoms with Gasteiger partial charge in [-0.15, -0.1) is 0 Å². The number of hydrogen-bond donors (Lipinski definition) is 2. The first kappa shape index (κ1) is 20.8. The summed E-state index contributed by atoms with van der Waals surface area (Å²) in [6, 6.07) is 14.1. The highest BCUT2D eigenvalue weighted by atomic mass is 35.5. The van der Waals surface area contributed by atoms with E-state index in [0.29, 0.717) is 24.2 Å². The van der Waals surface area contributed by atoms with Crippen molar-refractivity contribution in [3.8, 4) is 5.69 Å². The summed E-state index contributed by atoms with van der Waals surface area (Å²) >= 11 is 6.22. The number of aryl methyl sites for hydroxylation is 2. The highest BCUT2D eigenvalue weighted by Crippen LogP contribution is 2.23. The van der Waals surface area contributed by atoms with Gasteiger partial charge in [0.15, 0.2) is 5.69 Å². The molecule has 0 aliphatic carbocycles. The quantitative estimate of drug-likeness (QED) is 0.659. The summed E-state index contributed by atoms with van der Waals surface area (Å²) in [5.41, 5.74) is 2.89. The zero-order chi connectivity index (χ0) is 22.1. The van der Waals surface area contributed by atoms with Crippen molar-refractivity contribution in [2.75, 3.05) is 5.32 Å². The van der Waals surface area contributed by atoms with Crippen LogP contribution >= 0.6 is 11.6 Å². The van der Waals surface area contributed by atoms with Gasteiger partial charge in [-0.2, -0.15) is 5.10 Å². The number of benzene rings is 2. The molecule has 0 saturated heterocycles. The minimum absolute atomic E-state index is 0.0859. The van der Waals surface area contributed by atoms with Gasteiger partial charge in [-0.1, -0.05) is 47.5 Å². The smallest absolute Gasteiger partial charge is 0.276 e. The van der Waals surface area contributed by atoms with E-state index in [9.17, 15) is 14.4 Å². The van der Waals surface area contributed by atoms with Crippen LogP contribution in [0.1, 0.15) is 33.7 Å². The molecule has 0 radical (unpaired) electrons. The summed E-state index contributed by atoms with van der Waals surface area (Å²) < 4.78 is 1.45. The Hall–Kier alpha value is -3.45. The van der Waals surface area contributed by atoms with Crippen LogP contribution in [0.5, 0.6) is 0 Å². The van der Waals surface area contributed by atoms with Crippen molar-refractivity contribution in [3.05, 3.63) is 86.3 Å². The third-order valence-corrected chi connectivity index (χ3v) is 5.75. The molecule has 0 bridgehead atoms. The molecule has 1 unspecified atom stereocenters. The number of nitrogens with one attached hydrogen (secondary N) is 2. The largest absolute Gasteiger partial charge is 0.339 e. The topological polar surface area (TPSA) is 93.1 Å². The normalized spacial score (nSPS) is 15.6. The molecule has 158 valence electrons. The summed E-state index contributed by atoms with van der Waals surface area (Å²) in [5.74, 6) is -1.07. The minimum Gasteiger partial charge on any atom is -0.339 e. The molecule has 1 atom stereocenters. The monoisotopic (exact) mass is 436 g/mol. The fourth-order valence-corrected chi connectivity index (χ4v) is 3.79. The van der Waals surface area contributed by atoms with Crippen molar-refractivity contribution in [2.24, 2.45) is 0 Å². The van der Waals surface area contributed by atoms with E-state index in [0.717, 1.165) is 16.8 Å². The lowest BCUT2D eigenvalue weighted by molar-refractivity contribution is -0.118. The van der Waals surface area contributed by atoms with Crippen molar-refractivity contribution in [1.82, 2.24) is 15.1 Å². The molecule has 7 nitrogen and oxygen atoms in total. The number of aromatic nitrogens is 2. The van der Waals surface area contributed by atoms with Crippen LogP contribution in [0.2, 0.25) is 5.02 Å². The Kier molecular flexibility index (Phi) is 5.61. The van der Waals surface area contributed by atoms with Crippen LogP contribution < -0.4 is 16.1 Å². The zero-order valence-corrected chi connectivity index (χ0v) is 17.9. The van der Waals surface area contributed by atoms with Crippen LogP contribution in [0, 0.1) is 13.8 Å². The van der Waals surface area contributed by atoms with Gasteiger partial charge in [0.2, 0.25) is 11.3 Å². The van der Waals surface area contributed by atoms with Crippen molar-refractivity contribution in [2.45, 2.75) is 32.7 Å². The van der Waals surface area contributed by atoms with Gasteiger partial charge in [-0.05, 0) is 50.5 Å². The molecule has 3 aromatic rings. The molecule has 2 heterocycles. The number of fused-ring (bicyclic) bond motifs is 1. The Balaban J connectivity index is 1.62. The second kappa shape index (κ2) is 8.35. The number of halogens is 1. The van der Waals surface area contributed by atoms with Gasteiger partial charge >= 0.3 is 0 Å². The van der Waals surface area contributed by atoms with Crippen LogP contribution in [0.25, 0.3) is 5.69 Å². The third kappa shape index (κ3) is 4.09. The number of para-hydroxylation sites is 1. The molecule has 1 aliphatic heterocycles. The molecule has 1 aliphatic rings. The second-order valence-corrected chi connectivity index (χ2v) is 7.92. The number of anilines is 1. The van der Waals surface area contributed by atoms with Gasteiger partial charge in [0.1, 0.15) is 11.1 Å². The fourth-order valence-electron chi connectivity index (χ4n) is 3.62. The van der Waals surface area contributed by atoms with Crippen LogP contribution in [-0.2, 0) is 11.2 Å². The first-order valence-electron chi connectivity index (χ1n) is 9.91. The Morgan fingerprint density at radius 3 is 2.65 bits per heavy atom. The zero-order valence-electron chi connectivity index (χ0n) is 17.1. The lowest BCUT2D eigenvalue weighted by Crippen LogP contribution is -2.45. The maximum absolute atomic E-state index is 12.9. The van der Waals surface area contributed by atoms with E-state index in [4.69, 9.17) is 11.6 Å². The maximum Gasteiger partial charge on any atom is 0.276 e. The lowest BCUT2D eigenvalue weighted by Gasteiger charge is -2.16. The first-order valence-corrected chi connectivity index (χ1v) is 10.3. The molecule has 0 fully saturated rings. The van der Waals surface area contributed by atoms with Gasteiger partial charge in [0, 0.05) is 5.69 Å². The molecule has 2 aromatic carbocycles. The Labute approximate surface area is 184 Å². The van der Waals surface area contributed by atoms with Crippen LogP contribution in [0.3, 0.4) is 0 Å². The van der Waals surface area contributed by atoms with Crippen LogP contribution in [0.15, 0.2) is 53.3 Å². The van der Waals surface area contributed by atoms with Gasteiger partial charge in [0.25, 0.3) is 5.91 Å². The summed E-state index contributed by atoms with van der Waals surface area (Å²) in [7, 11) is 0. The number of nitrogens with zero attached hydrogens (tertiary/aromatic N) is 2. The van der Waals surface area contributed by atoms with E-state index in [1.54, 1.807) is 19.1 Å². The number of hydrogen-bond acceptors (Lipinski definition) is 4. The van der Waals surface area contributed by atoms with E-state index in [1.807, 2.05) is 43.3 Å². The molecule has 2 N–H and O–H groups in total. The highest BCUT2D eigenvalue weighted by Gasteiger charge is 2.28. The number of rotatable bonds is 3. The second-order valence-electron chi connectivity index (χ2n) is 7.54. The Morgan fingerprint density at radius 1 is 1.16 bits per heavy atom. The predicted molar refractivity (Wildman–Crippen MR) is 119 cm³/mol. The molecular formula is C23H21ClN4O3. The Morgan fingerprint density at radius 2 is 1.90 bits per heavy atom. The van der Waals surface area contributed by atoms with Crippen LogP contribution in [0.4, 0.5) is 5.69 Å². The van der Waals surface area contributed by atoms with Gasteiger partial charge in [-0.3, -0.25) is 14.4 Å². The first-order chi connectivity index (χ1) is 14.8. The standard InChI is InChI=1S/C23H21ClN4O3/c1-13-8-10-17-15(12-13)9-11-18(22(30)25-17)26-23(31)20-21(29)19(24)14(2)28(27-20)16-6-4-3-5-7-16/h3-8,10,12,18H,9,11H2,1-2H3,(H,25,30)(H,26,31). The molecular weight excluding hydrogens is 416 g/mol. The number of carbonyl (C=O) groups excluding carboxylic acids is 2. The van der Waals surface area contributed by atoms with Gasteiger partial charge < -0.3 is 10.6 Å². The van der Waals surface area contributed by atoms with Crippen molar-refractivity contribution >= 4 is 29.1 Å². The SMILES string of the molecule is Cc1ccc2c(c1)CCC(NC(=O)c1nn(-c3ccccc3)c(C)c(Cl)c1=O)C(=O)N2. The molecule has 8 heteroatoms. The van der Waals surface area contributed by atoms with Gasteiger partial charge in [0.05, 0.1) is 11.4 Å². The average Bonchev–Trinajstić information content (AvgIpc) is 2.91. The van der Waals surface area contributed by atoms with E-state index in [2.05, 4.69) is 15.7 Å². The summed E-state index contributed by atoms with van der Waals surface area (Å²) in [5, 5.41) is 9.66. The maximum atomic E-state index is 12.9. The molecule has 0 saturated carbocycles. The molecule has 0 spiro atoms. The van der Waals surface area contributed by atoms with E-state index < -0.39 is 17.4 Å². The summed E-state index contributed by atoms with van der Waals surface area (Å²) in [6.07, 6.45) is 1.01. The Bertz CT molecular complexity index is 1240. The lowest BCUT2D eigenvalue weighted by atomic mass is 10.0. The van der Waals surface area contributed by atoms with Crippen LogP contribution in [-0.4, -0.2) is 27.6 Å². The van der Waals surface area contributed by atoms with Crippen molar-refractivity contribution in [3.63, 3.8) is 0 Å². The molecule has 1 aromatic heterocycles. The minimum atomic E-state index is -0.799.